The summed E-state index contributed by atoms with van der Waals surface area (Å²) in [5.74, 6) is 0. The van der Waals surface area contributed by atoms with Crippen molar-refractivity contribution in [2.45, 2.75) is 12.5 Å². The summed E-state index contributed by atoms with van der Waals surface area (Å²) in [6.07, 6.45) is 2.04. The van der Waals surface area contributed by atoms with Gasteiger partial charge in [-0.3, -0.25) is 0 Å². The SMILES string of the molecule is C/C(=C/COC(c1ccccc1)(c1ccccc1)c1ccccc1)COCCO. The van der Waals surface area contributed by atoms with E-state index in [1.807, 2.05) is 67.6 Å². The third-order valence-corrected chi connectivity index (χ3v) is 4.84. The van der Waals surface area contributed by atoms with E-state index in [0.717, 1.165) is 22.3 Å². The molecule has 0 amide bonds. The average molecular weight is 389 g/mol. The normalized spacial score (nSPS) is 12.1. The van der Waals surface area contributed by atoms with Gasteiger partial charge in [-0.1, -0.05) is 97.1 Å². The smallest absolute Gasteiger partial charge is 0.144 e. The maximum absolute atomic E-state index is 8.87. The van der Waals surface area contributed by atoms with Crippen LogP contribution in [0.3, 0.4) is 0 Å². The van der Waals surface area contributed by atoms with Crippen molar-refractivity contribution in [3.05, 3.63) is 119 Å². The largest absolute Gasteiger partial charge is 0.394 e. The van der Waals surface area contributed by atoms with E-state index in [2.05, 4.69) is 36.4 Å². The second-order valence-corrected chi connectivity index (χ2v) is 6.92. The first-order valence-electron chi connectivity index (χ1n) is 9.92. The van der Waals surface area contributed by atoms with Crippen molar-refractivity contribution in [1.29, 1.82) is 0 Å². The van der Waals surface area contributed by atoms with Gasteiger partial charge < -0.3 is 14.6 Å². The lowest BCUT2D eigenvalue weighted by molar-refractivity contribution is 0.0312. The molecule has 29 heavy (non-hydrogen) atoms. The molecule has 0 saturated heterocycles. The van der Waals surface area contributed by atoms with Crippen molar-refractivity contribution in [3.63, 3.8) is 0 Å². The molecule has 0 aromatic heterocycles. The summed E-state index contributed by atoms with van der Waals surface area (Å²) in [6, 6.07) is 31.0. The highest BCUT2D eigenvalue weighted by Gasteiger charge is 2.37. The van der Waals surface area contributed by atoms with Crippen LogP contribution in [0.15, 0.2) is 103 Å². The van der Waals surface area contributed by atoms with Crippen LogP contribution in [0.2, 0.25) is 0 Å². The number of ether oxygens (including phenoxy) is 2. The van der Waals surface area contributed by atoms with E-state index in [-0.39, 0.29) is 6.61 Å². The van der Waals surface area contributed by atoms with E-state index in [9.17, 15) is 0 Å². The minimum atomic E-state index is -0.716. The van der Waals surface area contributed by atoms with E-state index in [1.165, 1.54) is 0 Å². The van der Waals surface area contributed by atoms with Gasteiger partial charge in [0.15, 0.2) is 0 Å². The predicted octanol–water partition coefficient (Wildman–Crippen LogP) is 4.95. The third-order valence-electron chi connectivity index (χ3n) is 4.84. The number of aliphatic hydroxyl groups is 1. The van der Waals surface area contributed by atoms with Crippen LogP contribution in [0.4, 0.5) is 0 Å². The molecule has 1 N–H and O–H groups in total. The van der Waals surface area contributed by atoms with Crippen molar-refractivity contribution in [2.24, 2.45) is 0 Å². The highest BCUT2D eigenvalue weighted by Crippen LogP contribution is 2.40. The molecule has 0 heterocycles. The van der Waals surface area contributed by atoms with Crippen LogP contribution in [0.25, 0.3) is 0 Å². The van der Waals surface area contributed by atoms with Crippen molar-refractivity contribution < 1.29 is 14.6 Å². The van der Waals surface area contributed by atoms with Gasteiger partial charge in [-0.05, 0) is 29.2 Å². The zero-order valence-electron chi connectivity index (χ0n) is 16.8. The summed E-state index contributed by atoms with van der Waals surface area (Å²) in [7, 11) is 0. The molecule has 0 fully saturated rings. The fourth-order valence-corrected chi connectivity index (χ4v) is 3.43. The first kappa shape index (κ1) is 21.0. The predicted molar refractivity (Wildman–Crippen MR) is 117 cm³/mol. The summed E-state index contributed by atoms with van der Waals surface area (Å²) >= 11 is 0. The van der Waals surface area contributed by atoms with Crippen LogP contribution in [-0.4, -0.2) is 31.5 Å². The molecular weight excluding hydrogens is 360 g/mol. The lowest BCUT2D eigenvalue weighted by Crippen LogP contribution is -2.33. The molecule has 0 aliphatic heterocycles. The van der Waals surface area contributed by atoms with Gasteiger partial charge in [-0.25, -0.2) is 0 Å². The standard InChI is InChI=1S/C26H28O3/c1-22(21-28-20-18-27)17-19-29-26(23-11-5-2-6-12-23,24-13-7-3-8-14-24)25-15-9-4-10-16-25/h2-17,27H,18-21H2,1H3/b22-17-. The lowest BCUT2D eigenvalue weighted by atomic mass is 9.80. The fourth-order valence-electron chi connectivity index (χ4n) is 3.43. The second-order valence-electron chi connectivity index (χ2n) is 6.92. The van der Waals surface area contributed by atoms with Gasteiger partial charge in [-0.2, -0.15) is 0 Å². The van der Waals surface area contributed by atoms with Gasteiger partial charge in [0.25, 0.3) is 0 Å². The first-order valence-corrected chi connectivity index (χ1v) is 9.92. The number of rotatable bonds is 10. The van der Waals surface area contributed by atoms with Gasteiger partial charge in [0.2, 0.25) is 0 Å². The molecule has 3 aromatic rings. The Kier molecular flexibility index (Phi) is 7.77. The zero-order valence-corrected chi connectivity index (χ0v) is 16.8. The maximum atomic E-state index is 8.87. The van der Waals surface area contributed by atoms with E-state index in [0.29, 0.717) is 19.8 Å². The van der Waals surface area contributed by atoms with Crippen LogP contribution in [-0.2, 0) is 15.1 Å². The number of hydrogen-bond donors (Lipinski definition) is 1. The van der Waals surface area contributed by atoms with Gasteiger partial charge in [-0.15, -0.1) is 0 Å². The molecule has 150 valence electrons. The maximum Gasteiger partial charge on any atom is 0.144 e. The monoisotopic (exact) mass is 388 g/mol. The molecule has 0 saturated carbocycles. The molecule has 0 aliphatic carbocycles. The Morgan fingerprint density at radius 2 is 1.24 bits per heavy atom. The van der Waals surface area contributed by atoms with Gasteiger partial charge in [0.1, 0.15) is 5.60 Å². The first-order chi connectivity index (χ1) is 14.3. The molecule has 0 radical (unpaired) electrons. The van der Waals surface area contributed by atoms with Gasteiger partial charge in [0.05, 0.1) is 26.4 Å². The van der Waals surface area contributed by atoms with Crippen LogP contribution in [0.1, 0.15) is 23.6 Å². The van der Waals surface area contributed by atoms with Crippen LogP contribution >= 0.6 is 0 Å². The van der Waals surface area contributed by atoms with E-state index >= 15 is 0 Å². The molecule has 0 spiro atoms. The fraction of sp³-hybridized carbons (Fsp3) is 0.231. The van der Waals surface area contributed by atoms with Gasteiger partial charge in [0, 0.05) is 0 Å². The quantitative estimate of drug-likeness (QED) is 0.303. The number of benzene rings is 3. The van der Waals surface area contributed by atoms with Crippen molar-refractivity contribution >= 4 is 0 Å². The molecule has 0 atom stereocenters. The van der Waals surface area contributed by atoms with Crippen molar-refractivity contribution in [1.82, 2.24) is 0 Å². The summed E-state index contributed by atoms with van der Waals surface area (Å²) < 4.78 is 12.1. The number of aliphatic hydroxyl groups excluding tert-OH is 1. The molecule has 0 unspecified atom stereocenters. The van der Waals surface area contributed by atoms with E-state index in [1.54, 1.807) is 0 Å². The Morgan fingerprint density at radius 1 is 0.793 bits per heavy atom. The topological polar surface area (TPSA) is 38.7 Å². The second kappa shape index (κ2) is 10.7. The Hall–Kier alpha value is -2.72. The molecule has 3 heteroatoms. The van der Waals surface area contributed by atoms with E-state index in [4.69, 9.17) is 14.6 Å². The Labute approximate surface area is 173 Å². The van der Waals surface area contributed by atoms with Crippen molar-refractivity contribution in [3.8, 4) is 0 Å². The summed E-state index contributed by atoms with van der Waals surface area (Å²) in [5, 5.41) is 8.87. The molecule has 3 rings (SSSR count). The summed E-state index contributed by atoms with van der Waals surface area (Å²) in [6.45, 7) is 3.30. The molecule has 0 aliphatic rings. The van der Waals surface area contributed by atoms with Crippen LogP contribution in [0, 0.1) is 0 Å². The summed E-state index contributed by atoms with van der Waals surface area (Å²) in [4.78, 5) is 0. The molecule has 3 nitrogen and oxygen atoms in total. The Bertz CT molecular complexity index is 777. The van der Waals surface area contributed by atoms with Crippen molar-refractivity contribution in [2.75, 3.05) is 26.4 Å². The van der Waals surface area contributed by atoms with E-state index < -0.39 is 5.60 Å². The van der Waals surface area contributed by atoms with Gasteiger partial charge >= 0.3 is 0 Å². The highest BCUT2D eigenvalue weighted by molar-refractivity contribution is 5.47. The van der Waals surface area contributed by atoms with Crippen LogP contribution in [0.5, 0.6) is 0 Å². The zero-order chi connectivity index (χ0) is 20.4. The lowest BCUT2D eigenvalue weighted by Gasteiger charge is -2.35. The highest BCUT2D eigenvalue weighted by atomic mass is 16.5. The molecule has 0 bridgehead atoms. The van der Waals surface area contributed by atoms with Crippen LogP contribution < -0.4 is 0 Å². The third kappa shape index (κ3) is 5.21. The number of hydrogen-bond acceptors (Lipinski definition) is 3. The minimum Gasteiger partial charge on any atom is -0.394 e. The minimum absolute atomic E-state index is 0.0307. The molecular formula is C26H28O3. The summed E-state index contributed by atoms with van der Waals surface area (Å²) in [5.41, 5.74) is 3.61. The Morgan fingerprint density at radius 3 is 1.66 bits per heavy atom. The average Bonchev–Trinajstić information content (AvgIpc) is 2.79. The molecule has 3 aromatic carbocycles. The Balaban J connectivity index is 2.00.